The summed E-state index contributed by atoms with van der Waals surface area (Å²) in [6.07, 6.45) is 4.12. The highest BCUT2D eigenvalue weighted by Crippen LogP contribution is 2.23. The van der Waals surface area contributed by atoms with Gasteiger partial charge in [-0.1, -0.05) is 36.0 Å². The number of rotatable bonds is 3. The van der Waals surface area contributed by atoms with Crippen LogP contribution in [0, 0.1) is 0 Å². The van der Waals surface area contributed by atoms with E-state index in [9.17, 15) is 4.79 Å². The molecule has 3 rings (SSSR count). The summed E-state index contributed by atoms with van der Waals surface area (Å²) < 4.78 is 0. The number of carbonyl (C=O) groups is 1. The van der Waals surface area contributed by atoms with Crippen LogP contribution in [0.5, 0.6) is 0 Å². The van der Waals surface area contributed by atoms with Crippen molar-refractivity contribution in [2.24, 2.45) is 15.9 Å². The van der Waals surface area contributed by atoms with Crippen LogP contribution < -0.4 is 11.1 Å². The Balaban J connectivity index is 1.80. The minimum atomic E-state index is -0.356. The molecule has 1 aromatic carbocycles. The molecule has 7 heteroatoms. The van der Waals surface area contributed by atoms with Gasteiger partial charge in [-0.25, -0.2) is 0 Å². The van der Waals surface area contributed by atoms with Gasteiger partial charge < -0.3 is 11.1 Å². The number of hydrogen-bond acceptors (Lipinski definition) is 5. The zero-order valence-corrected chi connectivity index (χ0v) is 12.9. The van der Waals surface area contributed by atoms with Crippen LogP contribution in [-0.4, -0.2) is 22.7 Å². The third-order valence-electron chi connectivity index (χ3n) is 3.28. The minimum Gasteiger partial charge on any atom is -0.399 e. The summed E-state index contributed by atoms with van der Waals surface area (Å²) in [5.41, 5.74) is 9.32. The van der Waals surface area contributed by atoms with Gasteiger partial charge in [0.15, 0.2) is 5.71 Å². The summed E-state index contributed by atoms with van der Waals surface area (Å²) in [5.74, 6) is -0.356. The first-order valence-electron chi connectivity index (χ1n) is 6.47. The molecule has 1 amide bonds. The van der Waals surface area contributed by atoms with E-state index in [1.807, 2.05) is 6.08 Å². The lowest BCUT2D eigenvalue weighted by Crippen LogP contribution is -2.26. The zero-order valence-electron chi connectivity index (χ0n) is 11.3. The number of nitrogens with one attached hydrogen (secondary N) is 1. The van der Waals surface area contributed by atoms with Gasteiger partial charge in [-0.3, -0.25) is 4.79 Å². The van der Waals surface area contributed by atoms with E-state index in [4.69, 9.17) is 29.6 Å². The average molecular weight is 331 g/mol. The molecule has 0 unspecified atom stereocenters. The number of nitrogens with zero attached hydrogens (tertiary/aromatic N) is 2. The van der Waals surface area contributed by atoms with E-state index in [1.165, 1.54) is 5.37 Å². The van der Waals surface area contributed by atoms with Crippen molar-refractivity contribution in [2.75, 3.05) is 5.32 Å². The molecule has 1 heterocycles. The van der Waals surface area contributed by atoms with Crippen molar-refractivity contribution in [1.82, 2.24) is 0 Å². The summed E-state index contributed by atoms with van der Waals surface area (Å²) in [6.45, 7) is 0. The van der Waals surface area contributed by atoms with Crippen LogP contribution >= 0.6 is 23.8 Å². The van der Waals surface area contributed by atoms with Crippen molar-refractivity contribution >= 4 is 52.2 Å². The highest BCUT2D eigenvalue weighted by molar-refractivity contribution is 7.79. The number of anilines is 1. The van der Waals surface area contributed by atoms with Gasteiger partial charge in [0.2, 0.25) is 0 Å². The highest BCUT2D eigenvalue weighted by atomic mass is 35.5. The van der Waals surface area contributed by atoms with E-state index in [-0.39, 0.29) is 11.6 Å². The molecule has 5 nitrogen and oxygen atoms in total. The second kappa shape index (κ2) is 5.82. The third-order valence-corrected chi connectivity index (χ3v) is 3.86. The third kappa shape index (κ3) is 2.70. The first kappa shape index (κ1) is 14.6. The van der Waals surface area contributed by atoms with Crippen LogP contribution in [0.2, 0.25) is 5.02 Å². The van der Waals surface area contributed by atoms with Gasteiger partial charge >= 0.3 is 0 Å². The van der Waals surface area contributed by atoms with Crippen molar-refractivity contribution < 1.29 is 4.79 Å². The quantitative estimate of drug-likeness (QED) is 0.836. The summed E-state index contributed by atoms with van der Waals surface area (Å²) >= 11 is 10.9. The number of hydrogen-bond donors (Lipinski definition) is 2. The van der Waals surface area contributed by atoms with Gasteiger partial charge in [0, 0.05) is 34.3 Å². The van der Waals surface area contributed by atoms with Gasteiger partial charge in [0.1, 0.15) is 0 Å². The van der Waals surface area contributed by atoms with Crippen LogP contribution in [-0.2, 0) is 4.79 Å². The molecule has 1 aromatic rings. The van der Waals surface area contributed by atoms with Crippen molar-refractivity contribution in [3.8, 4) is 0 Å². The van der Waals surface area contributed by atoms with Crippen LogP contribution in [0.1, 0.15) is 12.0 Å². The van der Waals surface area contributed by atoms with Crippen LogP contribution in [0.15, 0.2) is 51.8 Å². The highest BCUT2D eigenvalue weighted by Gasteiger charge is 2.27. The number of thiocarbonyl (C=S) groups is 1. The Bertz CT molecular complexity index is 808. The molecule has 0 atom stereocenters. The smallest absolute Gasteiger partial charge is 0.276 e. The van der Waals surface area contributed by atoms with Crippen molar-refractivity contribution in [3.05, 3.63) is 52.2 Å². The van der Waals surface area contributed by atoms with E-state index >= 15 is 0 Å². The van der Waals surface area contributed by atoms with E-state index in [1.54, 1.807) is 24.3 Å². The Labute approximate surface area is 137 Å². The molecule has 110 valence electrons. The molecule has 3 N–H and O–H groups in total. The Morgan fingerprint density at radius 3 is 2.95 bits per heavy atom. The molecular formula is C15H11ClN4OS. The molecule has 1 aliphatic carbocycles. The first-order chi connectivity index (χ1) is 10.6. The van der Waals surface area contributed by atoms with Crippen LogP contribution in [0.3, 0.4) is 0 Å². The number of halogens is 1. The number of benzene rings is 1. The Kier molecular flexibility index (Phi) is 3.87. The van der Waals surface area contributed by atoms with Crippen molar-refractivity contribution in [1.29, 1.82) is 0 Å². The monoisotopic (exact) mass is 330 g/mol. The molecule has 0 radical (unpaired) electrons. The van der Waals surface area contributed by atoms with Crippen LogP contribution in [0.25, 0.3) is 0 Å². The molecule has 0 spiro atoms. The van der Waals surface area contributed by atoms with Gasteiger partial charge in [0.05, 0.1) is 10.7 Å². The predicted octanol–water partition coefficient (Wildman–Crippen LogP) is 2.61. The Morgan fingerprint density at radius 1 is 1.41 bits per heavy atom. The molecule has 2 aliphatic rings. The molecule has 0 bridgehead atoms. The predicted molar refractivity (Wildman–Crippen MR) is 92.7 cm³/mol. The summed E-state index contributed by atoms with van der Waals surface area (Å²) in [7, 11) is 0. The van der Waals surface area contributed by atoms with Gasteiger partial charge in [-0.05, 0) is 18.2 Å². The fourth-order valence-electron chi connectivity index (χ4n) is 2.16. The maximum absolute atomic E-state index is 12.4. The minimum absolute atomic E-state index is 0.251. The number of nitrogens with two attached hydrogens (primary N) is 1. The molecule has 0 saturated heterocycles. The van der Waals surface area contributed by atoms with Crippen molar-refractivity contribution in [3.63, 3.8) is 0 Å². The molecular weight excluding hydrogens is 320 g/mol. The standard InChI is InChI=1S/C15H11ClN4OS/c16-12-6-10(3-1-8(12)7-22)18-15(21)14-11-5-9(17)2-4-13(11)19-20-14/h1-3,5-7H,4,17H2,(H,18,21). The molecule has 0 fully saturated rings. The second-order valence-corrected chi connectivity index (χ2v) is 5.41. The number of allylic oxidation sites excluding steroid dienone is 2. The largest absolute Gasteiger partial charge is 0.399 e. The number of carbonyl (C=O) groups excluding carboxylic acids is 1. The first-order valence-corrected chi connectivity index (χ1v) is 7.32. The van der Waals surface area contributed by atoms with Gasteiger partial charge in [0.25, 0.3) is 5.91 Å². The lowest BCUT2D eigenvalue weighted by Gasteiger charge is -2.11. The maximum atomic E-state index is 12.4. The maximum Gasteiger partial charge on any atom is 0.276 e. The average Bonchev–Trinajstić information content (AvgIpc) is 2.90. The Hall–Kier alpha value is -2.31. The van der Waals surface area contributed by atoms with Gasteiger partial charge in [-0.2, -0.15) is 5.10 Å². The fraction of sp³-hybridized carbons (Fsp3) is 0.0667. The topological polar surface area (TPSA) is 79.8 Å². The summed E-state index contributed by atoms with van der Waals surface area (Å²) in [6, 6.07) is 5.10. The van der Waals surface area contributed by atoms with E-state index in [0.717, 1.165) is 11.3 Å². The van der Waals surface area contributed by atoms with Gasteiger partial charge in [-0.15, -0.1) is 5.10 Å². The molecule has 0 aromatic heterocycles. The molecule has 22 heavy (non-hydrogen) atoms. The lowest BCUT2D eigenvalue weighted by atomic mass is 9.97. The summed E-state index contributed by atoms with van der Waals surface area (Å²) in [5, 5.41) is 12.7. The second-order valence-electron chi connectivity index (χ2n) is 4.77. The van der Waals surface area contributed by atoms with E-state index in [2.05, 4.69) is 15.5 Å². The number of amides is 1. The fourth-order valence-corrected chi connectivity index (χ4v) is 2.66. The Morgan fingerprint density at radius 2 is 2.23 bits per heavy atom. The zero-order chi connectivity index (χ0) is 15.7. The number of fused-ring (bicyclic) bond motifs is 1. The SMILES string of the molecule is NC1=CCC2=NN=C(C(=O)Nc3ccc(C=S)c(Cl)c3)C2=C1. The van der Waals surface area contributed by atoms with Crippen LogP contribution in [0.4, 0.5) is 5.69 Å². The van der Waals surface area contributed by atoms with E-state index < -0.39 is 0 Å². The van der Waals surface area contributed by atoms with Crippen molar-refractivity contribution in [2.45, 2.75) is 6.42 Å². The summed E-state index contributed by atoms with van der Waals surface area (Å²) in [4.78, 5) is 12.4. The van der Waals surface area contributed by atoms with E-state index in [0.29, 0.717) is 28.4 Å². The normalized spacial score (nSPS) is 16.0. The molecule has 1 aliphatic heterocycles. The lowest BCUT2D eigenvalue weighted by molar-refractivity contribution is -0.110. The molecule has 0 saturated carbocycles.